The Kier molecular flexibility index (Phi) is 4.18. The average Bonchev–Trinajstić information content (AvgIpc) is 2.18. The van der Waals surface area contributed by atoms with Gasteiger partial charge in [0, 0.05) is 6.61 Å². The molecular formula is C9H16O4. The third-order valence-electron chi connectivity index (χ3n) is 2.03. The quantitative estimate of drug-likeness (QED) is 0.622. The van der Waals surface area contributed by atoms with Crippen LogP contribution in [-0.4, -0.2) is 32.1 Å². The van der Waals surface area contributed by atoms with E-state index in [1.165, 1.54) is 7.11 Å². The summed E-state index contributed by atoms with van der Waals surface area (Å²) >= 11 is 0. The smallest absolute Gasteiger partial charge is 0.334 e. The number of methoxy groups -OCH3 is 1. The Hall–Kier alpha value is -0.610. The third kappa shape index (κ3) is 3.32. The van der Waals surface area contributed by atoms with Gasteiger partial charge in [0.25, 0.3) is 0 Å². The number of hydrogen-bond acceptors (Lipinski definition) is 4. The van der Waals surface area contributed by atoms with Crippen LogP contribution in [0, 0.1) is 0 Å². The number of esters is 1. The fraction of sp³-hybridized carbons (Fsp3) is 0.889. The predicted molar refractivity (Wildman–Crippen MR) is 46.2 cm³/mol. The van der Waals surface area contributed by atoms with E-state index < -0.39 is 6.10 Å². The predicted octanol–water partition coefficient (Wildman–Crippen LogP) is 1.09. The van der Waals surface area contributed by atoms with Gasteiger partial charge in [-0.1, -0.05) is 0 Å². The molecule has 0 N–H and O–H groups in total. The first-order valence-electron chi connectivity index (χ1n) is 4.59. The van der Waals surface area contributed by atoms with Crippen LogP contribution in [0.2, 0.25) is 0 Å². The maximum atomic E-state index is 11.0. The van der Waals surface area contributed by atoms with E-state index in [2.05, 4.69) is 4.74 Å². The van der Waals surface area contributed by atoms with Crippen LogP contribution in [-0.2, 0) is 19.0 Å². The molecule has 1 fully saturated rings. The molecule has 0 radical (unpaired) electrons. The summed E-state index contributed by atoms with van der Waals surface area (Å²) in [5.41, 5.74) is 0. The highest BCUT2D eigenvalue weighted by atomic mass is 16.7. The SMILES string of the molecule is COC(=O)[C@H](C)O[C@H]1CCCCO1. The highest BCUT2D eigenvalue weighted by molar-refractivity contribution is 5.73. The van der Waals surface area contributed by atoms with Crippen LogP contribution in [0.25, 0.3) is 0 Å². The van der Waals surface area contributed by atoms with Gasteiger partial charge < -0.3 is 14.2 Å². The molecule has 0 spiro atoms. The molecule has 13 heavy (non-hydrogen) atoms. The summed E-state index contributed by atoms with van der Waals surface area (Å²) in [4.78, 5) is 11.0. The average molecular weight is 188 g/mol. The molecule has 0 amide bonds. The van der Waals surface area contributed by atoms with Crippen molar-refractivity contribution in [1.29, 1.82) is 0 Å². The van der Waals surface area contributed by atoms with Gasteiger partial charge in [0.15, 0.2) is 12.4 Å². The fourth-order valence-electron chi connectivity index (χ4n) is 1.27. The number of ether oxygens (including phenoxy) is 3. The molecule has 4 nitrogen and oxygen atoms in total. The maximum Gasteiger partial charge on any atom is 0.334 e. The molecule has 0 aromatic heterocycles. The number of carbonyl (C=O) groups excluding carboxylic acids is 1. The zero-order valence-corrected chi connectivity index (χ0v) is 8.12. The van der Waals surface area contributed by atoms with Crippen LogP contribution < -0.4 is 0 Å². The lowest BCUT2D eigenvalue weighted by Gasteiger charge is -2.24. The second kappa shape index (κ2) is 5.19. The van der Waals surface area contributed by atoms with Gasteiger partial charge in [-0.05, 0) is 26.2 Å². The van der Waals surface area contributed by atoms with Gasteiger partial charge >= 0.3 is 5.97 Å². The highest BCUT2D eigenvalue weighted by Crippen LogP contribution is 2.15. The van der Waals surface area contributed by atoms with Crippen LogP contribution in [0.1, 0.15) is 26.2 Å². The van der Waals surface area contributed by atoms with Crippen molar-refractivity contribution in [2.24, 2.45) is 0 Å². The molecule has 2 atom stereocenters. The highest BCUT2D eigenvalue weighted by Gasteiger charge is 2.21. The molecule has 0 aromatic rings. The van der Waals surface area contributed by atoms with E-state index in [4.69, 9.17) is 9.47 Å². The van der Waals surface area contributed by atoms with Crippen molar-refractivity contribution >= 4 is 5.97 Å². The van der Waals surface area contributed by atoms with Gasteiger partial charge in [-0.2, -0.15) is 0 Å². The molecule has 4 heteroatoms. The molecule has 0 saturated carbocycles. The van der Waals surface area contributed by atoms with E-state index in [0.29, 0.717) is 0 Å². The number of hydrogen-bond donors (Lipinski definition) is 0. The minimum Gasteiger partial charge on any atom is -0.467 e. The minimum absolute atomic E-state index is 0.233. The lowest BCUT2D eigenvalue weighted by Crippen LogP contribution is -2.31. The largest absolute Gasteiger partial charge is 0.467 e. The topological polar surface area (TPSA) is 44.8 Å². The van der Waals surface area contributed by atoms with Crippen LogP contribution in [0.5, 0.6) is 0 Å². The summed E-state index contributed by atoms with van der Waals surface area (Å²) in [6.07, 6.45) is 2.27. The first kappa shape index (κ1) is 10.5. The second-order valence-corrected chi connectivity index (χ2v) is 3.10. The van der Waals surface area contributed by atoms with Gasteiger partial charge in [-0.3, -0.25) is 0 Å². The summed E-state index contributed by atoms with van der Waals surface area (Å²) in [6, 6.07) is 0. The van der Waals surface area contributed by atoms with E-state index >= 15 is 0 Å². The zero-order valence-electron chi connectivity index (χ0n) is 8.12. The van der Waals surface area contributed by atoms with E-state index in [1.807, 2.05) is 0 Å². The molecule has 0 bridgehead atoms. The molecular weight excluding hydrogens is 172 g/mol. The fourth-order valence-corrected chi connectivity index (χ4v) is 1.27. The molecule has 1 rings (SSSR count). The standard InChI is InChI=1S/C9H16O4/c1-7(9(10)11-2)13-8-5-3-4-6-12-8/h7-8H,3-6H2,1-2H3/t7-,8-/m0/s1. The molecule has 0 aliphatic carbocycles. The lowest BCUT2D eigenvalue weighted by molar-refractivity contribution is -0.199. The lowest BCUT2D eigenvalue weighted by atomic mass is 10.2. The van der Waals surface area contributed by atoms with E-state index in [1.54, 1.807) is 6.92 Å². The van der Waals surface area contributed by atoms with Crippen LogP contribution in [0.4, 0.5) is 0 Å². The Morgan fingerprint density at radius 3 is 2.85 bits per heavy atom. The Morgan fingerprint density at radius 1 is 1.54 bits per heavy atom. The summed E-state index contributed by atoms with van der Waals surface area (Å²) in [5, 5.41) is 0. The summed E-state index contributed by atoms with van der Waals surface area (Å²) < 4.78 is 15.2. The Balaban J connectivity index is 2.25. The molecule has 0 aromatic carbocycles. The number of rotatable bonds is 3. The van der Waals surface area contributed by atoms with Gasteiger partial charge in [-0.25, -0.2) is 4.79 Å². The number of carbonyl (C=O) groups is 1. The van der Waals surface area contributed by atoms with Gasteiger partial charge in [0.2, 0.25) is 0 Å². The van der Waals surface area contributed by atoms with Crippen molar-refractivity contribution < 1.29 is 19.0 Å². The van der Waals surface area contributed by atoms with E-state index in [-0.39, 0.29) is 12.3 Å². The van der Waals surface area contributed by atoms with Crippen molar-refractivity contribution in [2.75, 3.05) is 13.7 Å². The first-order chi connectivity index (χ1) is 6.24. The molecule has 0 unspecified atom stereocenters. The Labute approximate surface area is 78.2 Å². The molecule has 1 aliphatic rings. The summed E-state index contributed by atoms with van der Waals surface area (Å²) in [5.74, 6) is -0.353. The molecule has 1 saturated heterocycles. The Bertz CT molecular complexity index is 163. The Morgan fingerprint density at radius 2 is 2.31 bits per heavy atom. The molecule has 76 valence electrons. The van der Waals surface area contributed by atoms with E-state index in [0.717, 1.165) is 25.9 Å². The summed E-state index contributed by atoms with van der Waals surface area (Å²) in [7, 11) is 1.35. The third-order valence-corrected chi connectivity index (χ3v) is 2.03. The zero-order chi connectivity index (χ0) is 9.68. The van der Waals surface area contributed by atoms with E-state index in [9.17, 15) is 4.79 Å². The monoisotopic (exact) mass is 188 g/mol. The normalized spacial score (nSPS) is 25.2. The minimum atomic E-state index is -0.534. The van der Waals surface area contributed by atoms with Crippen molar-refractivity contribution in [3.8, 4) is 0 Å². The van der Waals surface area contributed by atoms with Crippen LogP contribution in [0.15, 0.2) is 0 Å². The van der Waals surface area contributed by atoms with Crippen molar-refractivity contribution in [3.63, 3.8) is 0 Å². The van der Waals surface area contributed by atoms with Crippen LogP contribution >= 0.6 is 0 Å². The van der Waals surface area contributed by atoms with Crippen LogP contribution in [0.3, 0.4) is 0 Å². The second-order valence-electron chi connectivity index (χ2n) is 3.10. The molecule has 1 heterocycles. The molecule has 1 aliphatic heterocycles. The van der Waals surface area contributed by atoms with Gasteiger partial charge in [-0.15, -0.1) is 0 Å². The first-order valence-corrected chi connectivity index (χ1v) is 4.59. The van der Waals surface area contributed by atoms with Crippen molar-refractivity contribution in [1.82, 2.24) is 0 Å². The maximum absolute atomic E-state index is 11.0. The summed E-state index contributed by atoms with van der Waals surface area (Å²) in [6.45, 7) is 2.39. The van der Waals surface area contributed by atoms with Gasteiger partial charge in [0.1, 0.15) is 0 Å². The van der Waals surface area contributed by atoms with Gasteiger partial charge in [0.05, 0.1) is 7.11 Å². The van der Waals surface area contributed by atoms with Crippen molar-refractivity contribution in [2.45, 2.75) is 38.6 Å². The van der Waals surface area contributed by atoms with Crippen molar-refractivity contribution in [3.05, 3.63) is 0 Å².